The van der Waals surface area contributed by atoms with Gasteiger partial charge in [-0.2, -0.15) is 0 Å². The molecule has 8 heteroatoms. The van der Waals surface area contributed by atoms with Crippen molar-refractivity contribution in [3.63, 3.8) is 0 Å². The normalized spacial score (nSPS) is 13.3. The summed E-state index contributed by atoms with van der Waals surface area (Å²) in [6.45, 7) is 1.67. The molecular weight excluding hydrogens is 379 g/mol. The minimum atomic E-state index is -3.70. The number of hydrogen-bond acceptors (Lipinski definition) is 4. The van der Waals surface area contributed by atoms with Gasteiger partial charge in [-0.05, 0) is 36.8 Å². The monoisotopic (exact) mass is 400 g/mol. The Morgan fingerprint density at radius 3 is 2.27 bits per heavy atom. The fraction of sp³-hybridized carbons (Fsp3) is 0.278. The number of rotatable bonds is 7. The summed E-state index contributed by atoms with van der Waals surface area (Å²) < 4.78 is 37.8. The summed E-state index contributed by atoms with van der Waals surface area (Å²) in [6.07, 6.45) is -0.193. The predicted molar refractivity (Wildman–Crippen MR) is 101 cm³/mol. The molecule has 2 unspecified atom stereocenters. The number of carbonyl (C=O) groups is 1. The van der Waals surface area contributed by atoms with Crippen LogP contribution in [-0.2, 0) is 14.6 Å². The lowest BCUT2D eigenvalue weighted by molar-refractivity contribution is -0.121. The molecule has 0 bridgehead atoms. The minimum Gasteiger partial charge on any atom is -0.354 e. The van der Waals surface area contributed by atoms with Crippen LogP contribution in [0.25, 0.3) is 0 Å². The van der Waals surface area contributed by atoms with E-state index in [1.807, 2.05) is 30.3 Å². The Morgan fingerprint density at radius 1 is 1.12 bits per heavy atom. The fourth-order valence-corrected chi connectivity index (χ4v) is 3.69. The maximum atomic E-state index is 12.9. The first-order valence-electron chi connectivity index (χ1n) is 7.87. The Balaban J connectivity index is 0.00000338. The zero-order valence-electron chi connectivity index (χ0n) is 14.3. The molecule has 1 amide bonds. The van der Waals surface area contributed by atoms with Crippen molar-refractivity contribution in [1.29, 1.82) is 0 Å². The molecule has 2 rings (SSSR count). The minimum absolute atomic E-state index is 0. The second-order valence-corrected chi connectivity index (χ2v) is 8.20. The van der Waals surface area contributed by atoms with E-state index < -0.39 is 26.8 Å². The first-order valence-corrected chi connectivity index (χ1v) is 9.42. The van der Waals surface area contributed by atoms with E-state index in [2.05, 4.69) is 5.32 Å². The van der Waals surface area contributed by atoms with Gasteiger partial charge in [0.05, 0.1) is 10.1 Å². The van der Waals surface area contributed by atoms with Crippen LogP contribution in [0.15, 0.2) is 59.5 Å². The van der Waals surface area contributed by atoms with Crippen LogP contribution < -0.4 is 11.1 Å². The number of halogens is 2. The van der Waals surface area contributed by atoms with Gasteiger partial charge in [0.2, 0.25) is 5.91 Å². The second-order valence-electron chi connectivity index (χ2n) is 5.83. The quantitative estimate of drug-likeness (QED) is 0.699. The van der Waals surface area contributed by atoms with Crippen molar-refractivity contribution in [2.24, 2.45) is 5.73 Å². The first-order chi connectivity index (χ1) is 11.8. The van der Waals surface area contributed by atoms with Crippen molar-refractivity contribution in [1.82, 2.24) is 5.32 Å². The zero-order chi connectivity index (χ0) is 18.4. The highest BCUT2D eigenvalue weighted by Gasteiger charge is 2.25. The van der Waals surface area contributed by atoms with E-state index in [4.69, 9.17) is 5.73 Å². The second kappa shape index (κ2) is 9.66. The standard InChI is InChI=1S/C18H21FN2O3S.ClH/c1-13(25(23,24)16-9-7-15(19)8-10-16)11-18(22)21-12-17(20)14-5-3-2-4-6-14;/h2-10,13,17H,11-12,20H2,1H3,(H,21,22);1H. The molecule has 0 radical (unpaired) electrons. The molecule has 0 aliphatic rings. The number of benzene rings is 2. The van der Waals surface area contributed by atoms with Crippen LogP contribution in [0.2, 0.25) is 0 Å². The van der Waals surface area contributed by atoms with Crippen molar-refractivity contribution in [2.45, 2.75) is 29.5 Å². The lowest BCUT2D eigenvalue weighted by Gasteiger charge is -2.16. The molecule has 2 atom stereocenters. The third-order valence-electron chi connectivity index (χ3n) is 3.89. The number of nitrogens with one attached hydrogen (secondary N) is 1. The molecule has 142 valence electrons. The summed E-state index contributed by atoms with van der Waals surface area (Å²) in [4.78, 5) is 12.0. The molecule has 0 aromatic heterocycles. The Hall–Kier alpha value is -1.96. The van der Waals surface area contributed by atoms with Crippen LogP contribution in [0.3, 0.4) is 0 Å². The molecule has 2 aromatic carbocycles. The van der Waals surface area contributed by atoms with Crippen LogP contribution in [0.5, 0.6) is 0 Å². The van der Waals surface area contributed by atoms with E-state index in [1.165, 1.54) is 19.1 Å². The number of hydrogen-bond donors (Lipinski definition) is 2. The molecule has 3 N–H and O–H groups in total. The van der Waals surface area contributed by atoms with Crippen molar-refractivity contribution >= 4 is 28.2 Å². The molecule has 0 aliphatic carbocycles. The van der Waals surface area contributed by atoms with Crippen molar-refractivity contribution in [3.8, 4) is 0 Å². The molecule has 0 aliphatic heterocycles. The van der Waals surface area contributed by atoms with E-state index >= 15 is 0 Å². The van der Waals surface area contributed by atoms with Gasteiger partial charge in [0.1, 0.15) is 5.82 Å². The van der Waals surface area contributed by atoms with Gasteiger partial charge in [0.25, 0.3) is 0 Å². The van der Waals surface area contributed by atoms with Gasteiger partial charge >= 0.3 is 0 Å². The van der Waals surface area contributed by atoms with Crippen LogP contribution in [-0.4, -0.2) is 26.1 Å². The molecular formula is C18H22ClFN2O3S. The first kappa shape index (κ1) is 22.1. The average molecular weight is 401 g/mol. The lowest BCUT2D eigenvalue weighted by Crippen LogP contribution is -2.34. The van der Waals surface area contributed by atoms with Gasteiger partial charge in [-0.3, -0.25) is 4.79 Å². The highest BCUT2D eigenvalue weighted by molar-refractivity contribution is 7.92. The lowest BCUT2D eigenvalue weighted by atomic mass is 10.1. The van der Waals surface area contributed by atoms with Crippen LogP contribution in [0.1, 0.15) is 24.9 Å². The van der Waals surface area contributed by atoms with Crippen LogP contribution >= 0.6 is 12.4 Å². The SMILES string of the molecule is CC(CC(=O)NCC(N)c1ccccc1)S(=O)(=O)c1ccc(F)cc1.Cl. The smallest absolute Gasteiger partial charge is 0.221 e. The van der Waals surface area contributed by atoms with E-state index in [9.17, 15) is 17.6 Å². The van der Waals surface area contributed by atoms with Gasteiger partial charge in [0.15, 0.2) is 9.84 Å². The fourth-order valence-electron chi connectivity index (χ4n) is 2.34. The highest BCUT2D eigenvalue weighted by atomic mass is 35.5. The van der Waals surface area contributed by atoms with Crippen LogP contribution in [0.4, 0.5) is 4.39 Å². The zero-order valence-corrected chi connectivity index (χ0v) is 15.9. The predicted octanol–water partition coefficient (Wildman–Crippen LogP) is 2.62. The summed E-state index contributed by atoms with van der Waals surface area (Å²) in [5.74, 6) is -0.913. The molecule has 0 spiro atoms. The Bertz CT molecular complexity index is 814. The van der Waals surface area contributed by atoms with Gasteiger partial charge in [-0.1, -0.05) is 30.3 Å². The van der Waals surface area contributed by atoms with E-state index in [0.29, 0.717) is 0 Å². The van der Waals surface area contributed by atoms with Crippen LogP contribution in [0, 0.1) is 5.82 Å². The van der Waals surface area contributed by atoms with Crippen molar-refractivity contribution < 1.29 is 17.6 Å². The Morgan fingerprint density at radius 2 is 1.69 bits per heavy atom. The van der Waals surface area contributed by atoms with Crippen molar-refractivity contribution in [2.75, 3.05) is 6.54 Å². The molecule has 0 heterocycles. The molecule has 2 aromatic rings. The summed E-state index contributed by atoms with van der Waals surface area (Å²) in [6, 6.07) is 13.5. The van der Waals surface area contributed by atoms with Crippen molar-refractivity contribution in [3.05, 3.63) is 66.0 Å². The Labute approximate surface area is 159 Å². The molecule has 0 saturated heterocycles. The van der Waals surface area contributed by atoms with Gasteiger partial charge in [-0.25, -0.2) is 12.8 Å². The van der Waals surface area contributed by atoms with Gasteiger partial charge in [-0.15, -0.1) is 12.4 Å². The number of sulfone groups is 1. The third kappa shape index (κ3) is 5.79. The molecule has 0 saturated carbocycles. The summed E-state index contributed by atoms with van der Waals surface area (Å²) >= 11 is 0. The summed E-state index contributed by atoms with van der Waals surface area (Å²) in [7, 11) is -3.70. The van der Waals surface area contributed by atoms with E-state index in [1.54, 1.807) is 0 Å². The number of amides is 1. The maximum absolute atomic E-state index is 12.9. The maximum Gasteiger partial charge on any atom is 0.221 e. The summed E-state index contributed by atoms with van der Waals surface area (Å²) in [5.41, 5.74) is 6.88. The summed E-state index contributed by atoms with van der Waals surface area (Å²) in [5, 5.41) is 1.73. The highest BCUT2D eigenvalue weighted by Crippen LogP contribution is 2.18. The topological polar surface area (TPSA) is 89.3 Å². The third-order valence-corrected chi connectivity index (χ3v) is 6.05. The van der Waals surface area contributed by atoms with Gasteiger partial charge < -0.3 is 11.1 Å². The molecule has 26 heavy (non-hydrogen) atoms. The van der Waals surface area contributed by atoms with Gasteiger partial charge in [0, 0.05) is 19.0 Å². The largest absolute Gasteiger partial charge is 0.354 e. The van der Waals surface area contributed by atoms with E-state index in [0.717, 1.165) is 17.7 Å². The molecule has 5 nitrogen and oxygen atoms in total. The Kier molecular flexibility index (Phi) is 8.20. The average Bonchev–Trinajstić information content (AvgIpc) is 2.60. The molecule has 0 fully saturated rings. The number of nitrogens with two attached hydrogens (primary N) is 1. The number of carbonyl (C=O) groups excluding carboxylic acids is 1. The van der Waals surface area contributed by atoms with E-state index in [-0.39, 0.29) is 36.3 Å².